The summed E-state index contributed by atoms with van der Waals surface area (Å²) in [6.07, 6.45) is 7.38. The topological polar surface area (TPSA) is 20.3 Å². The van der Waals surface area contributed by atoms with Crippen LogP contribution < -0.4 is 0 Å². The Morgan fingerprint density at radius 3 is 2.11 bits per heavy atom. The number of benzene rings is 2. The van der Waals surface area contributed by atoms with Crippen molar-refractivity contribution in [3.63, 3.8) is 0 Å². The highest BCUT2D eigenvalue weighted by Crippen LogP contribution is 2.10. The average molecular weight is 504 g/mol. The van der Waals surface area contributed by atoms with Gasteiger partial charge in [-0.05, 0) is 62.5 Å². The molecule has 2 aromatic carbocycles. The number of rotatable bonds is 11. The fraction of sp³-hybridized carbons (Fsp3) is 0.516. The Bertz CT molecular complexity index is 764. The Balaban J connectivity index is 0. The van der Waals surface area contributed by atoms with Gasteiger partial charge in [-0.2, -0.15) is 11.8 Å². The number of hydrogen-bond acceptors (Lipinski definition) is 2. The van der Waals surface area contributed by atoms with Crippen LogP contribution in [-0.2, 0) is 11.2 Å². The van der Waals surface area contributed by atoms with Crippen LogP contribution in [0.5, 0.6) is 0 Å². The summed E-state index contributed by atoms with van der Waals surface area (Å²) in [6.45, 7) is 19.3. The molecule has 0 fully saturated rings. The summed E-state index contributed by atoms with van der Waals surface area (Å²) >= 11 is 1.96. The predicted molar refractivity (Wildman–Crippen MR) is 157 cm³/mol. The van der Waals surface area contributed by atoms with Crippen LogP contribution in [0.1, 0.15) is 77.0 Å². The molecule has 1 amide bonds. The molecule has 0 atom stereocenters. The lowest BCUT2D eigenvalue weighted by molar-refractivity contribution is -0.128. The Kier molecular flexibility index (Phi) is 25.1. The lowest BCUT2D eigenvalue weighted by Crippen LogP contribution is -2.31. The van der Waals surface area contributed by atoms with E-state index < -0.39 is 0 Å². The van der Waals surface area contributed by atoms with Gasteiger partial charge in [-0.15, -0.1) is 6.58 Å². The van der Waals surface area contributed by atoms with Crippen molar-refractivity contribution in [3.8, 4) is 0 Å². The SMILES string of the molecule is C=CCCc1ccc(F)c(C)c1.CC.CCCCSCCN(CCC)C(C)=O.Cc1ccccc1. The molecule has 0 aromatic heterocycles. The predicted octanol–water partition coefficient (Wildman–Crippen LogP) is 9.05. The molecular weight excluding hydrogens is 453 g/mol. The van der Waals surface area contributed by atoms with E-state index in [0.717, 1.165) is 43.7 Å². The molecule has 35 heavy (non-hydrogen) atoms. The van der Waals surface area contributed by atoms with E-state index in [0.29, 0.717) is 0 Å². The van der Waals surface area contributed by atoms with Gasteiger partial charge in [-0.1, -0.05) is 88.2 Å². The molecule has 0 bridgehead atoms. The second-order valence-corrected chi connectivity index (χ2v) is 9.26. The van der Waals surface area contributed by atoms with Gasteiger partial charge >= 0.3 is 0 Å². The van der Waals surface area contributed by atoms with Crippen molar-refractivity contribution < 1.29 is 9.18 Å². The van der Waals surface area contributed by atoms with E-state index in [1.165, 1.54) is 35.8 Å². The zero-order valence-electron chi connectivity index (χ0n) is 23.4. The number of allylic oxidation sites excluding steroid dienone is 1. The van der Waals surface area contributed by atoms with Crippen molar-refractivity contribution in [2.24, 2.45) is 0 Å². The molecule has 2 nitrogen and oxygen atoms in total. The molecule has 0 aliphatic heterocycles. The molecule has 0 heterocycles. The van der Waals surface area contributed by atoms with Gasteiger partial charge in [0.15, 0.2) is 0 Å². The van der Waals surface area contributed by atoms with Crippen LogP contribution in [0.4, 0.5) is 4.39 Å². The molecule has 2 rings (SSSR count). The fourth-order valence-corrected chi connectivity index (χ4v) is 3.93. The number of unbranched alkanes of at least 4 members (excludes halogenated alkanes) is 1. The molecular formula is C31H50FNOS. The molecule has 2 aromatic rings. The quantitative estimate of drug-likeness (QED) is 0.225. The van der Waals surface area contributed by atoms with Gasteiger partial charge in [-0.25, -0.2) is 4.39 Å². The minimum absolute atomic E-state index is 0.127. The van der Waals surface area contributed by atoms with E-state index in [9.17, 15) is 9.18 Å². The van der Waals surface area contributed by atoms with E-state index in [2.05, 4.69) is 39.5 Å². The Morgan fingerprint density at radius 1 is 1.00 bits per heavy atom. The maximum absolute atomic E-state index is 12.8. The summed E-state index contributed by atoms with van der Waals surface area (Å²) in [6, 6.07) is 15.5. The summed E-state index contributed by atoms with van der Waals surface area (Å²) in [5.74, 6) is 2.40. The van der Waals surface area contributed by atoms with Crippen molar-refractivity contribution in [1.29, 1.82) is 0 Å². The van der Waals surface area contributed by atoms with E-state index in [1.807, 2.05) is 66.9 Å². The van der Waals surface area contributed by atoms with Gasteiger partial charge in [0, 0.05) is 25.8 Å². The smallest absolute Gasteiger partial charge is 0.219 e. The third-order valence-corrected chi connectivity index (χ3v) is 5.94. The first-order valence-corrected chi connectivity index (χ1v) is 14.2. The van der Waals surface area contributed by atoms with E-state index in [1.54, 1.807) is 13.8 Å². The van der Waals surface area contributed by atoms with E-state index >= 15 is 0 Å². The maximum atomic E-state index is 12.8. The third kappa shape index (κ3) is 21.0. The van der Waals surface area contributed by atoms with Crippen LogP contribution in [0.2, 0.25) is 0 Å². The summed E-state index contributed by atoms with van der Waals surface area (Å²) < 4.78 is 12.8. The summed E-state index contributed by atoms with van der Waals surface area (Å²) in [4.78, 5) is 13.1. The molecule has 0 aliphatic carbocycles. The Morgan fingerprint density at radius 2 is 1.66 bits per heavy atom. The largest absolute Gasteiger partial charge is 0.342 e. The molecule has 0 spiro atoms. The summed E-state index contributed by atoms with van der Waals surface area (Å²) in [5, 5.41) is 0. The van der Waals surface area contributed by atoms with Gasteiger partial charge in [-0.3, -0.25) is 4.79 Å². The van der Waals surface area contributed by atoms with Gasteiger partial charge in [0.05, 0.1) is 0 Å². The number of aryl methyl sites for hydroxylation is 3. The lowest BCUT2D eigenvalue weighted by atomic mass is 10.1. The molecule has 0 unspecified atom stereocenters. The van der Waals surface area contributed by atoms with Gasteiger partial charge in [0.1, 0.15) is 5.82 Å². The van der Waals surface area contributed by atoms with Crippen LogP contribution in [-0.4, -0.2) is 35.4 Å². The number of hydrogen-bond donors (Lipinski definition) is 0. The number of halogens is 1. The molecule has 0 N–H and O–H groups in total. The zero-order valence-corrected chi connectivity index (χ0v) is 24.2. The Hall–Kier alpha value is -2.07. The van der Waals surface area contributed by atoms with Crippen LogP contribution in [0.3, 0.4) is 0 Å². The number of amides is 1. The standard InChI is InChI=1S/C11H13F.C11H23NOS.C7H8.C2H6/c1-3-4-5-10-6-7-11(12)9(2)8-10;1-4-6-9-14-10-8-12(7-5-2)11(3)13;1-7-5-3-2-4-6-7;1-2/h3,6-8H,1,4-5H2,2H3;4-10H2,1-3H3;2-6H,1H3;1-2H3. The minimum atomic E-state index is -0.127. The molecule has 0 saturated carbocycles. The Labute approximate surface area is 220 Å². The van der Waals surface area contributed by atoms with Crippen LogP contribution in [0, 0.1) is 19.7 Å². The molecule has 4 heteroatoms. The number of carbonyl (C=O) groups excluding carboxylic acids is 1. The van der Waals surface area contributed by atoms with E-state index in [-0.39, 0.29) is 11.7 Å². The maximum Gasteiger partial charge on any atom is 0.219 e. The minimum Gasteiger partial charge on any atom is -0.342 e. The average Bonchev–Trinajstić information content (AvgIpc) is 2.86. The normalized spacial score (nSPS) is 9.37. The van der Waals surface area contributed by atoms with Gasteiger partial charge < -0.3 is 4.90 Å². The molecule has 0 radical (unpaired) electrons. The van der Waals surface area contributed by atoms with Crippen molar-refractivity contribution in [2.75, 3.05) is 24.6 Å². The van der Waals surface area contributed by atoms with Crippen LogP contribution in [0.25, 0.3) is 0 Å². The summed E-state index contributed by atoms with van der Waals surface area (Å²) in [7, 11) is 0. The number of carbonyl (C=O) groups is 1. The zero-order chi connectivity index (χ0) is 26.9. The van der Waals surface area contributed by atoms with Crippen molar-refractivity contribution >= 4 is 17.7 Å². The lowest BCUT2D eigenvalue weighted by Gasteiger charge is -2.19. The fourth-order valence-electron chi connectivity index (χ4n) is 2.89. The van der Waals surface area contributed by atoms with Gasteiger partial charge in [0.2, 0.25) is 5.91 Å². The first kappa shape index (κ1) is 35.1. The highest BCUT2D eigenvalue weighted by Gasteiger charge is 2.05. The summed E-state index contributed by atoms with van der Waals surface area (Å²) in [5.41, 5.74) is 3.22. The van der Waals surface area contributed by atoms with E-state index in [4.69, 9.17) is 0 Å². The highest BCUT2D eigenvalue weighted by molar-refractivity contribution is 7.99. The third-order valence-electron chi connectivity index (χ3n) is 4.89. The molecule has 198 valence electrons. The monoisotopic (exact) mass is 503 g/mol. The highest BCUT2D eigenvalue weighted by atomic mass is 32.2. The van der Waals surface area contributed by atoms with Crippen molar-refractivity contribution in [3.05, 3.63) is 83.7 Å². The molecule has 0 saturated heterocycles. The van der Waals surface area contributed by atoms with Crippen molar-refractivity contribution in [1.82, 2.24) is 4.90 Å². The van der Waals surface area contributed by atoms with Crippen LogP contribution >= 0.6 is 11.8 Å². The number of thioether (sulfide) groups is 1. The molecule has 0 aliphatic rings. The van der Waals surface area contributed by atoms with Crippen LogP contribution in [0.15, 0.2) is 61.2 Å². The van der Waals surface area contributed by atoms with Crippen molar-refractivity contribution in [2.45, 2.75) is 80.6 Å². The van der Waals surface area contributed by atoms with Gasteiger partial charge in [0.25, 0.3) is 0 Å². The number of nitrogens with zero attached hydrogens (tertiary/aromatic N) is 1. The second kappa shape index (κ2) is 25.0. The first-order valence-electron chi connectivity index (χ1n) is 13.1. The first-order chi connectivity index (χ1) is 16.8. The second-order valence-electron chi connectivity index (χ2n) is 8.04.